The first-order chi connectivity index (χ1) is 20.8. The van der Waals surface area contributed by atoms with Crippen molar-refractivity contribution in [2.45, 2.75) is 25.4 Å². The van der Waals surface area contributed by atoms with Gasteiger partial charge in [0.1, 0.15) is 17.2 Å². The summed E-state index contributed by atoms with van der Waals surface area (Å²) in [5.74, 6) is -1.61. The van der Waals surface area contributed by atoms with Crippen molar-refractivity contribution in [3.8, 4) is 11.3 Å². The molecule has 0 spiro atoms. The number of hydrogen-bond donors (Lipinski definition) is 3. The van der Waals surface area contributed by atoms with Crippen molar-refractivity contribution >= 4 is 34.4 Å². The van der Waals surface area contributed by atoms with E-state index in [1.165, 1.54) is 12.1 Å². The zero-order valence-corrected chi connectivity index (χ0v) is 23.4. The van der Waals surface area contributed by atoms with Crippen LogP contribution >= 0.6 is 0 Å². The number of ether oxygens (including phenoxy) is 3. The van der Waals surface area contributed by atoms with Crippen LogP contribution in [0.5, 0.6) is 0 Å². The molecule has 5 rings (SSSR count). The molecule has 1 fully saturated rings. The van der Waals surface area contributed by atoms with Crippen molar-refractivity contribution in [2.24, 2.45) is 11.5 Å². The molecule has 1 saturated carbocycles. The van der Waals surface area contributed by atoms with Gasteiger partial charge in [0.25, 0.3) is 11.8 Å². The van der Waals surface area contributed by atoms with Crippen LogP contribution in [0.3, 0.4) is 0 Å². The Bertz CT molecular complexity index is 1610. The van der Waals surface area contributed by atoms with Gasteiger partial charge in [0.05, 0.1) is 37.6 Å². The fraction of sp³-hybridized carbons (Fsp3) is 0.281. The molecule has 1 heterocycles. The summed E-state index contributed by atoms with van der Waals surface area (Å²) in [5, 5.41) is 4.07. The highest BCUT2D eigenvalue weighted by molar-refractivity contribution is 6.11. The minimum Gasteiger partial charge on any atom is -0.455 e. The lowest BCUT2D eigenvalue weighted by atomic mass is 10.0. The predicted octanol–water partition coefficient (Wildman–Crippen LogP) is 4.50. The van der Waals surface area contributed by atoms with Gasteiger partial charge in [0.15, 0.2) is 6.61 Å². The van der Waals surface area contributed by atoms with Crippen LogP contribution in [0.4, 0.5) is 10.1 Å². The molecule has 0 radical (unpaired) electrons. The van der Waals surface area contributed by atoms with Crippen LogP contribution in [0.25, 0.3) is 22.3 Å². The first-order valence-corrected chi connectivity index (χ1v) is 13.9. The molecule has 1 aromatic heterocycles. The van der Waals surface area contributed by atoms with Crippen LogP contribution in [-0.2, 0) is 25.6 Å². The third kappa shape index (κ3) is 7.56. The molecule has 224 valence electrons. The first-order valence-electron chi connectivity index (χ1n) is 13.9. The SMILES string of the molecule is NC(=O)COC(=O)c1ccc(COCCOCCNc2cc3oc(-c4ccc(F)cc4)c(C(N)=O)c3cc2C2CC2)cc1. The molecular formula is C32H32FN3O7. The Morgan fingerprint density at radius 2 is 1.65 bits per heavy atom. The van der Waals surface area contributed by atoms with Crippen molar-refractivity contribution in [3.05, 3.63) is 88.7 Å². The zero-order valence-electron chi connectivity index (χ0n) is 23.4. The number of primary amides is 2. The molecule has 10 nitrogen and oxygen atoms in total. The highest BCUT2D eigenvalue weighted by Crippen LogP contribution is 2.46. The van der Waals surface area contributed by atoms with Gasteiger partial charge in [-0.1, -0.05) is 12.1 Å². The van der Waals surface area contributed by atoms with Gasteiger partial charge in [-0.15, -0.1) is 0 Å². The summed E-state index contributed by atoms with van der Waals surface area (Å²) < 4.78 is 35.7. The van der Waals surface area contributed by atoms with Crippen LogP contribution in [0, 0.1) is 5.82 Å². The minimum absolute atomic E-state index is 0.289. The molecule has 0 bridgehead atoms. The van der Waals surface area contributed by atoms with Crippen molar-refractivity contribution < 1.29 is 37.4 Å². The molecule has 0 aliphatic heterocycles. The number of rotatable bonds is 15. The van der Waals surface area contributed by atoms with Crippen LogP contribution < -0.4 is 16.8 Å². The lowest BCUT2D eigenvalue weighted by molar-refractivity contribution is -0.121. The minimum atomic E-state index is -0.715. The number of nitrogens with one attached hydrogen (secondary N) is 1. The van der Waals surface area contributed by atoms with E-state index < -0.39 is 24.4 Å². The van der Waals surface area contributed by atoms with E-state index in [-0.39, 0.29) is 11.4 Å². The van der Waals surface area contributed by atoms with E-state index in [2.05, 4.69) is 5.32 Å². The Kier molecular flexibility index (Phi) is 9.33. The summed E-state index contributed by atoms with van der Waals surface area (Å²) >= 11 is 0. The number of hydrogen-bond acceptors (Lipinski definition) is 8. The quantitative estimate of drug-likeness (QED) is 0.135. The van der Waals surface area contributed by atoms with Crippen molar-refractivity contribution in [1.29, 1.82) is 0 Å². The molecule has 3 aromatic carbocycles. The van der Waals surface area contributed by atoms with Gasteiger partial charge in [-0.3, -0.25) is 9.59 Å². The Balaban J connectivity index is 1.11. The fourth-order valence-electron chi connectivity index (χ4n) is 4.72. The smallest absolute Gasteiger partial charge is 0.338 e. The largest absolute Gasteiger partial charge is 0.455 e. The maximum Gasteiger partial charge on any atom is 0.338 e. The number of esters is 1. The molecule has 0 atom stereocenters. The topological polar surface area (TPSA) is 156 Å². The van der Waals surface area contributed by atoms with Gasteiger partial charge in [0, 0.05) is 29.2 Å². The number of benzene rings is 3. The van der Waals surface area contributed by atoms with Gasteiger partial charge < -0.3 is 35.4 Å². The number of furan rings is 1. The van der Waals surface area contributed by atoms with Crippen LogP contribution in [-0.4, -0.2) is 50.8 Å². The van der Waals surface area contributed by atoms with Crippen LogP contribution in [0.15, 0.2) is 65.1 Å². The Morgan fingerprint density at radius 3 is 2.33 bits per heavy atom. The Morgan fingerprint density at radius 1 is 0.930 bits per heavy atom. The molecule has 1 aliphatic rings. The van der Waals surface area contributed by atoms with E-state index in [0.29, 0.717) is 66.7 Å². The number of halogens is 1. The molecular weight excluding hydrogens is 557 g/mol. The molecule has 11 heteroatoms. The predicted molar refractivity (Wildman–Crippen MR) is 157 cm³/mol. The normalized spacial score (nSPS) is 12.8. The van der Waals surface area contributed by atoms with E-state index in [1.54, 1.807) is 36.4 Å². The third-order valence-electron chi connectivity index (χ3n) is 6.97. The fourth-order valence-corrected chi connectivity index (χ4v) is 4.72. The Hall–Kier alpha value is -4.74. The van der Waals surface area contributed by atoms with E-state index >= 15 is 0 Å². The van der Waals surface area contributed by atoms with E-state index in [4.69, 9.17) is 30.1 Å². The van der Waals surface area contributed by atoms with Crippen molar-refractivity contribution in [1.82, 2.24) is 0 Å². The van der Waals surface area contributed by atoms with Gasteiger partial charge in [-0.05, 0) is 72.4 Å². The maximum absolute atomic E-state index is 13.5. The molecule has 0 unspecified atom stereocenters. The molecule has 1 aliphatic carbocycles. The van der Waals surface area contributed by atoms with Gasteiger partial charge >= 0.3 is 5.97 Å². The third-order valence-corrected chi connectivity index (χ3v) is 6.97. The highest BCUT2D eigenvalue weighted by Gasteiger charge is 2.29. The van der Waals surface area contributed by atoms with Crippen LogP contribution in [0.1, 0.15) is 50.6 Å². The van der Waals surface area contributed by atoms with E-state index in [9.17, 15) is 18.8 Å². The summed E-state index contributed by atoms with van der Waals surface area (Å²) in [4.78, 5) is 35.0. The maximum atomic E-state index is 13.5. The van der Waals surface area contributed by atoms with Crippen LogP contribution in [0.2, 0.25) is 0 Å². The second kappa shape index (κ2) is 13.5. The standard InChI is InChI=1S/C32H32FN3O7/c33-23-9-7-21(8-10-23)30-29(31(35)38)25-15-24(20-5-6-20)26(16-27(25)43-30)36-11-12-40-13-14-41-17-19-1-3-22(4-2-19)32(39)42-18-28(34)37/h1-4,7-10,15-16,20,36H,5-6,11-14,17-18H2,(H2,34,37)(H2,35,38). The zero-order chi connectivity index (χ0) is 30.3. The average molecular weight is 590 g/mol. The lowest BCUT2D eigenvalue weighted by Crippen LogP contribution is -2.20. The second-order valence-electron chi connectivity index (χ2n) is 10.2. The number of fused-ring (bicyclic) bond motifs is 1. The van der Waals surface area contributed by atoms with Gasteiger partial charge in [-0.2, -0.15) is 0 Å². The van der Waals surface area contributed by atoms with Gasteiger partial charge in [0.2, 0.25) is 0 Å². The molecule has 43 heavy (non-hydrogen) atoms. The average Bonchev–Trinajstić information content (AvgIpc) is 3.77. The molecule has 5 N–H and O–H groups in total. The summed E-state index contributed by atoms with van der Waals surface area (Å²) in [6.45, 7) is 1.66. The summed E-state index contributed by atoms with van der Waals surface area (Å²) in [7, 11) is 0. The summed E-state index contributed by atoms with van der Waals surface area (Å²) in [6.07, 6.45) is 2.12. The Labute approximate surface area is 247 Å². The molecule has 0 saturated heterocycles. The van der Waals surface area contributed by atoms with Gasteiger partial charge in [-0.25, -0.2) is 9.18 Å². The second-order valence-corrected chi connectivity index (χ2v) is 10.2. The first kappa shape index (κ1) is 29.7. The highest BCUT2D eigenvalue weighted by atomic mass is 19.1. The number of nitrogens with two attached hydrogens (primary N) is 2. The van der Waals surface area contributed by atoms with E-state index in [1.807, 2.05) is 12.1 Å². The number of carbonyl (C=O) groups is 3. The number of amides is 2. The van der Waals surface area contributed by atoms with Crippen molar-refractivity contribution in [3.63, 3.8) is 0 Å². The monoisotopic (exact) mass is 589 g/mol. The number of anilines is 1. The summed E-state index contributed by atoms with van der Waals surface area (Å²) in [5.41, 5.74) is 15.3. The lowest BCUT2D eigenvalue weighted by Gasteiger charge is -2.12. The van der Waals surface area contributed by atoms with Crippen molar-refractivity contribution in [2.75, 3.05) is 38.3 Å². The molecule has 2 amide bonds. The molecule has 4 aromatic rings. The summed E-state index contributed by atoms with van der Waals surface area (Å²) in [6, 6.07) is 16.3. The van der Waals surface area contributed by atoms with E-state index in [0.717, 1.165) is 29.7 Å². The number of carbonyl (C=O) groups excluding carboxylic acids is 3.